The monoisotopic (exact) mass is 522 g/mol. The molecular formula is C15H10Br4O. The normalized spacial score (nSPS) is 12.7. The quantitative estimate of drug-likeness (QED) is 0.306. The minimum Gasteiger partial charge on any atom is -0.454 e. The lowest BCUT2D eigenvalue weighted by atomic mass is 9.94. The molecule has 0 radical (unpaired) electrons. The van der Waals surface area contributed by atoms with Gasteiger partial charge >= 0.3 is 0 Å². The van der Waals surface area contributed by atoms with Gasteiger partial charge in [-0.3, -0.25) is 0 Å². The van der Waals surface area contributed by atoms with Crippen LogP contribution in [0, 0.1) is 13.8 Å². The van der Waals surface area contributed by atoms with Crippen LogP contribution in [0.2, 0.25) is 0 Å². The maximum Gasteiger partial charge on any atom is 0.146 e. The summed E-state index contributed by atoms with van der Waals surface area (Å²) < 4.78 is 10.2. The van der Waals surface area contributed by atoms with E-state index >= 15 is 0 Å². The Morgan fingerprint density at radius 1 is 0.850 bits per heavy atom. The molecule has 20 heavy (non-hydrogen) atoms. The third kappa shape index (κ3) is 2.21. The van der Waals surface area contributed by atoms with Crippen molar-refractivity contribution in [2.24, 2.45) is 0 Å². The summed E-state index contributed by atoms with van der Waals surface area (Å²) in [5.74, 6) is 1.80. The minimum atomic E-state index is 0.884. The first-order chi connectivity index (χ1) is 9.41. The van der Waals surface area contributed by atoms with Gasteiger partial charge in [0.05, 0.1) is 8.95 Å². The van der Waals surface area contributed by atoms with Gasteiger partial charge in [0.2, 0.25) is 0 Å². The lowest BCUT2D eigenvalue weighted by Gasteiger charge is -2.26. The predicted octanol–water partition coefficient (Wildman–Crippen LogP) is 7.05. The van der Waals surface area contributed by atoms with Crippen molar-refractivity contribution >= 4 is 63.7 Å². The predicted molar refractivity (Wildman–Crippen MR) is 96.0 cm³/mol. The molecule has 104 valence electrons. The first kappa shape index (κ1) is 15.1. The molecule has 2 aromatic carbocycles. The molecule has 2 aromatic rings. The second-order valence-corrected chi connectivity index (χ2v) is 8.05. The van der Waals surface area contributed by atoms with Crippen molar-refractivity contribution in [3.63, 3.8) is 0 Å². The van der Waals surface area contributed by atoms with Crippen LogP contribution in [0.3, 0.4) is 0 Å². The van der Waals surface area contributed by atoms with Gasteiger partial charge in [-0.1, -0.05) is 6.07 Å². The van der Waals surface area contributed by atoms with E-state index in [-0.39, 0.29) is 0 Å². The second-order valence-electron chi connectivity index (χ2n) is 4.81. The van der Waals surface area contributed by atoms with Crippen molar-refractivity contribution in [3.05, 3.63) is 52.3 Å². The summed E-state index contributed by atoms with van der Waals surface area (Å²) in [5.41, 5.74) is 4.97. The van der Waals surface area contributed by atoms with Crippen molar-refractivity contribution in [3.8, 4) is 11.5 Å². The van der Waals surface area contributed by atoms with Crippen molar-refractivity contribution in [2.75, 3.05) is 0 Å². The van der Waals surface area contributed by atoms with E-state index in [1.54, 1.807) is 0 Å². The SMILES string of the molecule is Cc1c(C)c2c(c(Br)c1Br)Oc1c(ccc(Br)c1Br)C2. The van der Waals surface area contributed by atoms with E-state index in [2.05, 4.69) is 83.6 Å². The molecule has 0 fully saturated rings. The van der Waals surface area contributed by atoms with Gasteiger partial charge in [0.1, 0.15) is 11.5 Å². The summed E-state index contributed by atoms with van der Waals surface area (Å²) in [5, 5.41) is 0. The number of halogens is 4. The fourth-order valence-corrected chi connectivity index (χ4v) is 4.27. The molecule has 0 bridgehead atoms. The Bertz CT molecular complexity index is 738. The standard InChI is InChI=1S/C15H10Br4O/c1-6-7(2)11(17)13(19)15-9(6)5-8-3-4-10(16)12(18)14(8)20-15/h3-4H,5H2,1-2H3. The molecule has 3 rings (SSSR count). The average molecular weight is 526 g/mol. The largest absolute Gasteiger partial charge is 0.454 e. The smallest absolute Gasteiger partial charge is 0.146 e. The van der Waals surface area contributed by atoms with E-state index in [9.17, 15) is 0 Å². The highest BCUT2D eigenvalue weighted by atomic mass is 79.9. The third-order valence-corrected chi connectivity index (χ3v) is 7.97. The van der Waals surface area contributed by atoms with E-state index in [0.29, 0.717) is 0 Å². The van der Waals surface area contributed by atoms with Gasteiger partial charge in [-0.05, 0) is 94.8 Å². The Morgan fingerprint density at radius 3 is 2.25 bits per heavy atom. The Morgan fingerprint density at radius 2 is 1.55 bits per heavy atom. The summed E-state index contributed by atoms with van der Waals surface area (Å²) in [6.45, 7) is 4.27. The molecule has 5 heteroatoms. The highest BCUT2D eigenvalue weighted by molar-refractivity contribution is 9.13. The lowest BCUT2D eigenvalue weighted by Crippen LogP contribution is -2.08. The molecular weight excluding hydrogens is 516 g/mol. The van der Waals surface area contributed by atoms with Crippen molar-refractivity contribution in [2.45, 2.75) is 20.3 Å². The highest BCUT2D eigenvalue weighted by Gasteiger charge is 2.26. The zero-order valence-corrected chi connectivity index (χ0v) is 17.1. The van der Waals surface area contributed by atoms with Crippen LogP contribution < -0.4 is 4.74 Å². The summed E-state index contributed by atoms with van der Waals surface area (Å²) in [4.78, 5) is 0. The maximum absolute atomic E-state index is 6.18. The van der Waals surface area contributed by atoms with E-state index in [1.165, 1.54) is 22.3 Å². The zero-order valence-electron chi connectivity index (χ0n) is 10.8. The third-order valence-electron chi connectivity index (χ3n) is 3.71. The summed E-state index contributed by atoms with van der Waals surface area (Å²) in [6, 6.07) is 4.16. The summed E-state index contributed by atoms with van der Waals surface area (Å²) >= 11 is 14.4. The van der Waals surface area contributed by atoms with Gasteiger partial charge in [0.25, 0.3) is 0 Å². The number of hydrogen-bond acceptors (Lipinski definition) is 1. The van der Waals surface area contributed by atoms with Crippen LogP contribution in [0.1, 0.15) is 22.3 Å². The van der Waals surface area contributed by atoms with Crippen LogP contribution in [0.15, 0.2) is 30.0 Å². The van der Waals surface area contributed by atoms with Gasteiger partial charge in [-0.2, -0.15) is 0 Å². The summed E-state index contributed by atoms with van der Waals surface area (Å²) in [7, 11) is 0. The Hall–Kier alpha value is 0.160. The summed E-state index contributed by atoms with van der Waals surface area (Å²) in [6.07, 6.45) is 0.884. The first-order valence-electron chi connectivity index (χ1n) is 6.03. The maximum atomic E-state index is 6.18. The van der Waals surface area contributed by atoms with Crippen LogP contribution >= 0.6 is 63.7 Å². The molecule has 0 spiro atoms. The number of benzene rings is 2. The van der Waals surface area contributed by atoms with Crippen LogP contribution in [-0.4, -0.2) is 0 Å². The average Bonchev–Trinajstić information content (AvgIpc) is 2.45. The molecule has 1 nitrogen and oxygen atoms in total. The molecule has 0 aromatic heterocycles. The van der Waals surface area contributed by atoms with Crippen LogP contribution in [0.5, 0.6) is 11.5 Å². The number of hydrogen-bond donors (Lipinski definition) is 0. The van der Waals surface area contributed by atoms with E-state index in [4.69, 9.17) is 4.74 Å². The topological polar surface area (TPSA) is 9.23 Å². The van der Waals surface area contributed by atoms with Crippen molar-refractivity contribution < 1.29 is 4.74 Å². The molecule has 0 saturated carbocycles. The van der Waals surface area contributed by atoms with E-state index in [1.807, 2.05) is 6.07 Å². The fourth-order valence-electron chi connectivity index (χ4n) is 2.39. The van der Waals surface area contributed by atoms with Crippen LogP contribution in [-0.2, 0) is 6.42 Å². The molecule has 0 saturated heterocycles. The van der Waals surface area contributed by atoms with Crippen molar-refractivity contribution in [1.82, 2.24) is 0 Å². The Kier molecular flexibility index (Phi) is 4.08. The molecule has 0 amide bonds. The molecule has 0 atom stereocenters. The Labute approximate surface area is 151 Å². The first-order valence-corrected chi connectivity index (χ1v) is 9.20. The molecule has 1 aliphatic heterocycles. The molecule has 0 unspecified atom stereocenters. The molecule has 0 N–H and O–H groups in total. The lowest BCUT2D eigenvalue weighted by molar-refractivity contribution is 0.452. The molecule has 1 heterocycles. The van der Waals surface area contributed by atoms with Crippen molar-refractivity contribution in [1.29, 1.82) is 0 Å². The van der Waals surface area contributed by atoms with Gasteiger partial charge in [0, 0.05) is 26.5 Å². The minimum absolute atomic E-state index is 0.884. The fraction of sp³-hybridized carbons (Fsp3) is 0.200. The van der Waals surface area contributed by atoms with E-state index in [0.717, 1.165) is 35.8 Å². The highest BCUT2D eigenvalue weighted by Crippen LogP contribution is 2.50. The number of rotatable bonds is 0. The van der Waals surface area contributed by atoms with E-state index < -0.39 is 0 Å². The van der Waals surface area contributed by atoms with Gasteiger partial charge in [-0.25, -0.2) is 0 Å². The second kappa shape index (κ2) is 5.41. The van der Waals surface area contributed by atoms with Gasteiger partial charge in [0.15, 0.2) is 0 Å². The van der Waals surface area contributed by atoms with Gasteiger partial charge in [-0.15, -0.1) is 0 Å². The van der Waals surface area contributed by atoms with Gasteiger partial charge < -0.3 is 4.74 Å². The Balaban J connectivity index is 2.26. The van der Waals surface area contributed by atoms with Crippen LogP contribution in [0.4, 0.5) is 0 Å². The van der Waals surface area contributed by atoms with Crippen LogP contribution in [0.25, 0.3) is 0 Å². The molecule has 0 aliphatic carbocycles. The molecule has 1 aliphatic rings. The number of ether oxygens (including phenoxy) is 1. The number of fused-ring (bicyclic) bond motifs is 2. The zero-order chi connectivity index (χ0) is 14.6.